The second-order valence-corrected chi connectivity index (χ2v) is 5.29. The second-order valence-electron chi connectivity index (χ2n) is 5.29. The van der Waals surface area contributed by atoms with Gasteiger partial charge in [-0.25, -0.2) is 9.78 Å². The molecule has 3 aromatic rings. The van der Waals surface area contributed by atoms with Crippen molar-refractivity contribution in [3.8, 4) is 28.5 Å². The standard InChI is InChI=1S/C19H17NO5/c1-23-13-7-4-11(5-8-13)16-14-9-6-12(19(21)22)10-15(14)20-18(25-3)17(16)24-2/h4-10H,1-3H3,(H,21,22). The first-order valence-corrected chi connectivity index (χ1v) is 7.52. The summed E-state index contributed by atoms with van der Waals surface area (Å²) in [6, 6.07) is 12.3. The SMILES string of the molecule is COc1ccc(-c2c(OC)c(OC)nc3cc(C(=O)O)ccc23)cc1. The summed E-state index contributed by atoms with van der Waals surface area (Å²) in [5, 5.41) is 9.99. The largest absolute Gasteiger partial charge is 0.497 e. The van der Waals surface area contributed by atoms with Gasteiger partial charge >= 0.3 is 5.97 Å². The number of nitrogens with zero attached hydrogens (tertiary/aromatic N) is 1. The number of carbonyl (C=O) groups is 1. The van der Waals surface area contributed by atoms with E-state index in [-0.39, 0.29) is 5.56 Å². The van der Waals surface area contributed by atoms with Crippen molar-refractivity contribution in [2.75, 3.05) is 21.3 Å². The highest BCUT2D eigenvalue weighted by atomic mass is 16.5. The van der Waals surface area contributed by atoms with Crippen molar-refractivity contribution in [1.29, 1.82) is 0 Å². The Morgan fingerprint density at radius 2 is 1.68 bits per heavy atom. The van der Waals surface area contributed by atoms with Crippen molar-refractivity contribution >= 4 is 16.9 Å². The molecule has 1 aromatic heterocycles. The van der Waals surface area contributed by atoms with Crippen molar-refractivity contribution in [3.05, 3.63) is 48.0 Å². The fraction of sp³-hybridized carbons (Fsp3) is 0.158. The van der Waals surface area contributed by atoms with Gasteiger partial charge in [0.25, 0.3) is 5.88 Å². The molecule has 6 heteroatoms. The molecule has 0 amide bonds. The Morgan fingerprint density at radius 3 is 2.24 bits per heavy atom. The quantitative estimate of drug-likeness (QED) is 0.765. The van der Waals surface area contributed by atoms with Crippen molar-refractivity contribution in [2.45, 2.75) is 0 Å². The Morgan fingerprint density at radius 1 is 0.960 bits per heavy atom. The number of aromatic nitrogens is 1. The molecule has 128 valence electrons. The molecule has 0 saturated heterocycles. The molecular formula is C19H17NO5. The summed E-state index contributed by atoms with van der Waals surface area (Å²) in [6.45, 7) is 0. The summed E-state index contributed by atoms with van der Waals surface area (Å²) in [6.07, 6.45) is 0. The molecule has 0 aliphatic rings. The highest BCUT2D eigenvalue weighted by molar-refractivity contribution is 6.02. The van der Waals surface area contributed by atoms with Crippen LogP contribution in [-0.2, 0) is 0 Å². The summed E-state index contributed by atoms with van der Waals surface area (Å²) in [7, 11) is 4.65. The van der Waals surface area contributed by atoms with Crippen LogP contribution >= 0.6 is 0 Å². The van der Waals surface area contributed by atoms with E-state index in [1.165, 1.54) is 13.2 Å². The van der Waals surface area contributed by atoms with Crippen LogP contribution in [0.15, 0.2) is 42.5 Å². The summed E-state index contributed by atoms with van der Waals surface area (Å²) in [5.41, 5.74) is 2.34. The van der Waals surface area contributed by atoms with Gasteiger partial charge in [0.1, 0.15) is 5.75 Å². The van der Waals surface area contributed by atoms with Crippen LogP contribution in [0.5, 0.6) is 17.4 Å². The van der Waals surface area contributed by atoms with E-state index < -0.39 is 5.97 Å². The molecule has 0 unspecified atom stereocenters. The average Bonchev–Trinajstić information content (AvgIpc) is 2.65. The lowest BCUT2D eigenvalue weighted by Gasteiger charge is -2.15. The van der Waals surface area contributed by atoms with Crippen LogP contribution in [0.3, 0.4) is 0 Å². The van der Waals surface area contributed by atoms with Gasteiger partial charge in [0.05, 0.1) is 32.4 Å². The Hall–Kier alpha value is -3.28. The van der Waals surface area contributed by atoms with Gasteiger partial charge in [0, 0.05) is 10.9 Å². The lowest BCUT2D eigenvalue weighted by Crippen LogP contribution is -2.00. The summed E-state index contributed by atoms with van der Waals surface area (Å²) >= 11 is 0. The molecular weight excluding hydrogens is 322 g/mol. The molecule has 0 aliphatic carbocycles. The van der Waals surface area contributed by atoms with Gasteiger partial charge < -0.3 is 19.3 Å². The van der Waals surface area contributed by atoms with Crippen LogP contribution in [0.4, 0.5) is 0 Å². The topological polar surface area (TPSA) is 77.9 Å². The van der Waals surface area contributed by atoms with Crippen molar-refractivity contribution < 1.29 is 24.1 Å². The zero-order chi connectivity index (χ0) is 18.0. The molecule has 0 saturated carbocycles. The zero-order valence-electron chi connectivity index (χ0n) is 14.1. The maximum atomic E-state index is 11.3. The third-order valence-electron chi connectivity index (χ3n) is 3.93. The molecule has 2 aromatic carbocycles. The van der Waals surface area contributed by atoms with E-state index in [0.717, 1.165) is 22.3 Å². The molecule has 0 radical (unpaired) electrons. The molecule has 25 heavy (non-hydrogen) atoms. The first kappa shape index (κ1) is 16.6. The normalized spacial score (nSPS) is 10.5. The second kappa shape index (κ2) is 6.68. The summed E-state index contributed by atoms with van der Waals surface area (Å²) in [5.74, 6) is 0.511. The van der Waals surface area contributed by atoms with E-state index in [9.17, 15) is 9.90 Å². The molecule has 1 heterocycles. The minimum atomic E-state index is -1.01. The van der Waals surface area contributed by atoms with Crippen molar-refractivity contribution in [1.82, 2.24) is 4.98 Å². The fourth-order valence-corrected chi connectivity index (χ4v) is 2.73. The van der Waals surface area contributed by atoms with Gasteiger partial charge in [0.2, 0.25) is 0 Å². The van der Waals surface area contributed by atoms with Gasteiger partial charge in [0.15, 0.2) is 5.75 Å². The van der Waals surface area contributed by atoms with E-state index in [2.05, 4.69) is 4.98 Å². The van der Waals surface area contributed by atoms with Crippen molar-refractivity contribution in [3.63, 3.8) is 0 Å². The maximum absolute atomic E-state index is 11.3. The number of ether oxygens (including phenoxy) is 3. The molecule has 0 fully saturated rings. The summed E-state index contributed by atoms with van der Waals surface area (Å²) in [4.78, 5) is 15.6. The van der Waals surface area contributed by atoms with E-state index in [1.54, 1.807) is 26.4 Å². The van der Waals surface area contributed by atoms with Crippen LogP contribution in [0.2, 0.25) is 0 Å². The minimum Gasteiger partial charge on any atom is -0.497 e. The maximum Gasteiger partial charge on any atom is 0.335 e. The van der Waals surface area contributed by atoms with Gasteiger partial charge in [-0.1, -0.05) is 18.2 Å². The number of hydrogen-bond donors (Lipinski definition) is 1. The first-order valence-electron chi connectivity index (χ1n) is 7.52. The van der Waals surface area contributed by atoms with Gasteiger partial charge in [-0.15, -0.1) is 0 Å². The average molecular weight is 339 g/mol. The number of methoxy groups -OCH3 is 3. The Labute approximate surface area is 144 Å². The van der Waals surface area contributed by atoms with Crippen LogP contribution in [0.25, 0.3) is 22.0 Å². The van der Waals surface area contributed by atoms with Crippen LogP contribution < -0.4 is 14.2 Å². The molecule has 0 bridgehead atoms. The summed E-state index contributed by atoms with van der Waals surface area (Å²) < 4.78 is 16.1. The molecule has 0 aliphatic heterocycles. The molecule has 1 N–H and O–H groups in total. The number of hydrogen-bond acceptors (Lipinski definition) is 5. The lowest BCUT2D eigenvalue weighted by molar-refractivity contribution is 0.0697. The van der Waals surface area contributed by atoms with Crippen molar-refractivity contribution in [2.24, 2.45) is 0 Å². The van der Waals surface area contributed by atoms with Crippen LogP contribution in [0.1, 0.15) is 10.4 Å². The highest BCUT2D eigenvalue weighted by Crippen LogP contribution is 2.42. The lowest BCUT2D eigenvalue weighted by atomic mass is 9.98. The smallest absolute Gasteiger partial charge is 0.335 e. The number of aromatic carboxylic acids is 1. The first-order chi connectivity index (χ1) is 12.1. The predicted octanol–water partition coefficient (Wildman–Crippen LogP) is 3.63. The van der Waals surface area contributed by atoms with E-state index in [4.69, 9.17) is 14.2 Å². The third-order valence-corrected chi connectivity index (χ3v) is 3.93. The predicted molar refractivity (Wildman–Crippen MR) is 93.8 cm³/mol. The molecule has 0 spiro atoms. The monoisotopic (exact) mass is 339 g/mol. The van der Waals surface area contributed by atoms with Gasteiger partial charge in [-0.3, -0.25) is 0 Å². The molecule has 3 rings (SSSR count). The van der Waals surface area contributed by atoms with Gasteiger partial charge in [-0.2, -0.15) is 0 Å². The third kappa shape index (κ3) is 2.94. The zero-order valence-corrected chi connectivity index (χ0v) is 14.1. The number of rotatable bonds is 5. The fourth-order valence-electron chi connectivity index (χ4n) is 2.73. The molecule has 0 atom stereocenters. The van der Waals surface area contributed by atoms with E-state index in [0.29, 0.717) is 17.1 Å². The van der Waals surface area contributed by atoms with E-state index >= 15 is 0 Å². The number of pyridine rings is 1. The Kier molecular flexibility index (Phi) is 4.43. The van der Waals surface area contributed by atoms with Crippen LogP contribution in [-0.4, -0.2) is 37.4 Å². The molecule has 6 nitrogen and oxygen atoms in total. The Bertz CT molecular complexity index is 935. The van der Waals surface area contributed by atoms with E-state index in [1.807, 2.05) is 24.3 Å². The number of fused-ring (bicyclic) bond motifs is 1. The highest BCUT2D eigenvalue weighted by Gasteiger charge is 2.19. The number of benzene rings is 2. The van der Waals surface area contributed by atoms with Gasteiger partial charge in [-0.05, 0) is 29.8 Å². The number of carboxylic acids is 1. The Balaban J connectivity index is 2.34. The minimum absolute atomic E-state index is 0.160. The number of carboxylic acid groups (broad SMARTS) is 1. The van der Waals surface area contributed by atoms with Crippen LogP contribution in [0, 0.1) is 0 Å².